The Morgan fingerprint density at radius 1 is 1.44 bits per heavy atom. The number of ether oxygens (including phenoxy) is 1. The lowest BCUT2D eigenvalue weighted by atomic mass is 10.1. The summed E-state index contributed by atoms with van der Waals surface area (Å²) in [6.07, 6.45) is 2.52. The third-order valence-electron chi connectivity index (χ3n) is 4.26. The van der Waals surface area contributed by atoms with Crippen molar-refractivity contribution in [1.82, 2.24) is 20.0 Å². The fourth-order valence-electron chi connectivity index (χ4n) is 2.83. The van der Waals surface area contributed by atoms with Crippen molar-refractivity contribution >= 4 is 5.91 Å². The molecule has 25 heavy (non-hydrogen) atoms. The van der Waals surface area contributed by atoms with Crippen molar-refractivity contribution in [1.29, 1.82) is 0 Å². The molecule has 1 aliphatic rings. The van der Waals surface area contributed by atoms with E-state index in [-0.39, 0.29) is 24.4 Å². The summed E-state index contributed by atoms with van der Waals surface area (Å²) < 4.78 is 21.1. The number of hydrogen-bond donors (Lipinski definition) is 1. The van der Waals surface area contributed by atoms with Crippen LogP contribution in [-0.4, -0.2) is 47.8 Å². The number of fused-ring (bicyclic) bond motifs is 1. The highest BCUT2D eigenvalue weighted by atomic mass is 19.1. The third-order valence-corrected chi connectivity index (χ3v) is 4.26. The molecule has 0 fully saturated rings. The summed E-state index contributed by atoms with van der Waals surface area (Å²) >= 11 is 0. The summed E-state index contributed by atoms with van der Waals surface area (Å²) in [6, 6.07) is 6.71. The van der Waals surface area contributed by atoms with Gasteiger partial charge in [-0.25, -0.2) is 4.39 Å². The molecule has 1 N–H and O–H groups in total. The van der Waals surface area contributed by atoms with Crippen LogP contribution in [0.3, 0.4) is 0 Å². The van der Waals surface area contributed by atoms with E-state index in [0.29, 0.717) is 25.3 Å². The number of nitrogens with one attached hydrogen (secondary N) is 1. The standard InChI is InChI=1S/C18H23FN4O2/c1-22(2)17(24)12-23-11-14-7-8-25-16(18(14)21-23)10-20-9-13-5-3-4-6-15(13)19/h3-6,11,16,20H,7-10,12H2,1-2H3/t16-/m1/s1. The van der Waals surface area contributed by atoms with Crippen LogP contribution in [0.4, 0.5) is 4.39 Å². The van der Waals surface area contributed by atoms with Crippen molar-refractivity contribution in [2.45, 2.75) is 25.6 Å². The Hall–Kier alpha value is -2.25. The zero-order valence-corrected chi connectivity index (χ0v) is 14.5. The van der Waals surface area contributed by atoms with Crippen molar-refractivity contribution in [3.63, 3.8) is 0 Å². The fourth-order valence-corrected chi connectivity index (χ4v) is 2.83. The molecule has 0 unspecified atom stereocenters. The van der Waals surface area contributed by atoms with Gasteiger partial charge < -0.3 is 15.0 Å². The number of hydrogen-bond acceptors (Lipinski definition) is 4. The highest BCUT2D eigenvalue weighted by Crippen LogP contribution is 2.25. The zero-order chi connectivity index (χ0) is 17.8. The largest absolute Gasteiger partial charge is 0.370 e. The van der Waals surface area contributed by atoms with Gasteiger partial charge >= 0.3 is 0 Å². The van der Waals surface area contributed by atoms with E-state index in [0.717, 1.165) is 17.7 Å². The lowest BCUT2D eigenvalue weighted by Crippen LogP contribution is -2.28. The molecule has 0 saturated heterocycles. The molecule has 6 nitrogen and oxygen atoms in total. The van der Waals surface area contributed by atoms with Crippen LogP contribution in [0.5, 0.6) is 0 Å². The number of benzene rings is 1. The van der Waals surface area contributed by atoms with Crippen molar-refractivity contribution < 1.29 is 13.9 Å². The first-order chi connectivity index (χ1) is 12.0. The smallest absolute Gasteiger partial charge is 0.243 e. The van der Waals surface area contributed by atoms with Crippen LogP contribution in [0.15, 0.2) is 30.5 Å². The second kappa shape index (κ2) is 7.76. The normalized spacial score (nSPS) is 16.5. The van der Waals surface area contributed by atoms with E-state index in [1.807, 2.05) is 12.3 Å². The molecule has 0 saturated carbocycles. The van der Waals surface area contributed by atoms with Gasteiger partial charge in [0.2, 0.25) is 5.91 Å². The first-order valence-electron chi connectivity index (χ1n) is 8.36. The minimum atomic E-state index is -0.216. The van der Waals surface area contributed by atoms with Gasteiger partial charge in [-0.1, -0.05) is 18.2 Å². The molecule has 1 aliphatic heterocycles. The first-order valence-corrected chi connectivity index (χ1v) is 8.36. The summed E-state index contributed by atoms with van der Waals surface area (Å²) in [6.45, 7) is 1.81. The lowest BCUT2D eigenvalue weighted by Gasteiger charge is -2.22. The number of rotatable bonds is 6. The van der Waals surface area contributed by atoms with Gasteiger partial charge in [0.15, 0.2) is 0 Å². The molecule has 3 rings (SSSR count). The maximum absolute atomic E-state index is 13.7. The van der Waals surface area contributed by atoms with E-state index < -0.39 is 0 Å². The molecule has 2 aromatic rings. The number of carbonyl (C=O) groups excluding carboxylic acids is 1. The van der Waals surface area contributed by atoms with Crippen molar-refractivity contribution in [3.8, 4) is 0 Å². The Morgan fingerprint density at radius 2 is 2.24 bits per heavy atom. The predicted molar refractivity (Wildman–Crippen MR) is 91.4 cm³/mol. The Balaban J connectivity index is 1.62. The van der Waals surface area contributed by atoms with Crippen molar-refractivity contribution in [3.05, 3.63) is 53.1 Å². The summed E-state index contributed by atoms with van der Waals surface area (Å²) in [5, 5.41) is 7.76. The number of halogens is 1. The van der Waals surface area contributed by atoms with E-state index in [1.54, 1.807) is 35.8 Å². The van der Waals surface area contributed by atoms with Crippen LogP contribution in [0.25, 0.3) is 0 Å². The van der Waals surface area contributed by atoms with Gasteiger partial charge in [-0.2, -0.15) is 5.10 Å². The number of aromatic nitrogens is 2. The molecular formula is C18H23FN4O2. The Morgan fingerprint density at radius 3 is 3.00 bits per heavy atom. The van der Waals surface area contributed by atoms with E-state index in [2.05, 4.69) is 10.4 Å². The number of nitrogens with zero attached hydrogens (tertiary/aromatic N) is 3. The molecule has 134 valence electrons. The first kappa shape index (κ1) is 17.6. The molecule has 0 radical (unpaired) electrons. The Bertz CT molecular complexity index is 744. The van der Waals surface area contributed by atoms with E-state index in [1.165, 1.54) is 6.07 Å². The van der Waals surface area contributed by atoms with Crippen LogP contribution in [0, 0.1) is 5.82 Å². The minimum Gasteiger partial charge on any atom is -0.370 e. The monoisotopic (exact) mass is 346 g/mol. The van der Waals surface area contributed by atoms with Gasteiger partial charge in [-0.3, -0.25) is 9.48 Å². The second-order valence-electron chi connectivity index (χ2n) is 6.36. The maximum Gasteiger partial charge on any atom is 0.243 e. The molecule has 1 atom stereocenters. The topological polar surface area (TPSA) is 59.4 Å². The van der Waals surface area contributed by atoms with Crippen LogP contribution >= 0.6 is 0 Å². The molecule has 0 aliphatic carbocycles. The van der Waals surface area contributed by atoms with Gasteiger partial charge in [-0.15, -0.1) is 0 Å². The summed E-state index contributed by atoms with van der Waals surface area (Å²) in [7, 11) is 3.45. The number of carbonyl (C=O) groups is 1. The average molecular weight is 346 g/mol. The summed E-state index contributed by atoms with van der Waals surface area (Å²) in [5.41, 5.74) is 2.59. The van der Waals surface area contributed by atoms with Gasteiger partial charge in [0, 0.05) is 38.9 Å². The number of amides is 1. The van der Waals surface area contributed by atoms with E-state index in [4.69, 9.17) is 4.74 Å². The zero-order valence-electron chi connectivity index (χ0n) is 14.5. The third kappa shape index (κ3) is 4.24. The lowest BCUT2D eigenvalue weighted by molar-refractivity contribution is -0.129. The second-order valence-corrected chi connectivity index (χ2v) is 6.36. The number of likely N-dealkylation sites (N-methyl/N-ethyl adjacent to an activating group) is 1. The molecule has 7 heteroatoms. The van der Waals surface area contributed by atoms with Crippen LogP contribution < -0.4 is 5.32 Å². The van der Waals surface area contributed by atoms with Crippen molar-refractivity contribution in [2.75, 3.05) is 27.2 Å². The highest BCUT2D eigenvalue weighted by Gasteiger charge is 2.25. The molecule has 1 aromatic carbocycles. The SMILES string of the molecule is CN(C)C(=O)Cn1cc2c(n1)[C@@H](CNCc1ccccc1F)OCC2. The van der Waals surface area contributed by atoms with Crippen LogP contribution in [0.1, 0.15) is 22.9 Å². The van der Waals surface area contributed by atoms with Crippen molar-refractivity contribution in [2.24, 2.45) is 0 Å². The Kier molecular flexibility index (Phi) is 5.45. The minimum absolute atomic E-state index is 0.00464. The fraction of sp³-hybridized carbons (Fsp3) is 0.444. The summed E-state index contributed by atoms with van der Waals surface area (Å²) in [5.74, 6) is -0.221. The highest BCUT2D eigenvalue weighted by molar-refractivity contribution is 5.75. The van der Waals surface area contributed by atoms with E-state index in [9.17, 15) is 9.18 Å². The van der Waals surface area contributed by atoms with Crippen LogP contribution in [0.2, 0.25) is 0 Å². The quantitative estimate of drug-likeness (QED) is 0.861. The molecular weight excluding hydrogens is 323 g/mol. The van der Waals surface area contributed by atoms with Gasteiger partial charge in [0.25, 0.3) is 0 Å². The predicted octanol–water partition coefficient (Wildman–Crippen LogP) is 1.51. The van der Waals surface area contributed by atoms with E-state index >= 15 is 0 Å². The van der Waals surface area contributed by atoms with Gasteiger partial charge in [-0.05, 0) is 18.1 Å². The maximum atomic E-state index is 13.7. The van der Waals surface area contributed by atoms with Gasteiger partial charge in [0.1, 0.15) is 18.5 Å². The molecule has 2 heterocycles. The van der Waals surface area contributed by atoms with Crippen LogP contribution in [-0.2, 0) is 29.0 Å². The molecule has 1 aromatic heterocycles. The Labute approximate surface area is 146 Å². The van der Waals surface area contributed by atoms with Gasteiger partial charge in [0.05, 0.1) is 12.3 Å². The molecule has 0 bridgehead atoms. The molecule has 1 amide bonds. The average Bonchev–Trinajstić information content (AvgIpc) is 2.99. The molecule has 0 spiro atoms. The summed E-state index contributed by atoms with van der Waals surface area (Å²) in [4.78, 5) is 13.4.